The van der Waals surface area contributed by atoms with Gasteiger partial charge in [-0.1, -0.05) is 0 Å². The quantitative estimate of drug-likeness (QED) is 0.760. The minimum atomic E-state index is -0.164. The van der Waals surface area contributed by atoms with Crippen LogP contribution < -0.4 is 0 Å². The van der Waals surface area contributed by atoms with Crippen molar-refractivity contribution in [2.75, 3.05) is 20.2 Å². The Morgan fingerprint density at radius 1 is 1.64 bits per heavy atom. The molecule has 4 nitrogen and oxygen atoms in total. The van der Waals surface area contributed by atoms with Gasteiger partial charge >= 0.3 is 0 Å². The van der Waals surface area contributed by atoms with E-state index in [9.17, 15) is 4.79 Å². The van der Waals surface area contributed by atoms with E-state index >= 15 is 0 Å². The highest BCUT2D eigenvalue weighted by Gasteiger charge is 2.11. The molecule has 1 amide bonds. The molecule has 0 spiro atoms. The predicted molar refractivity (Wildman–Crippen MR) is 53.0 cm³/mol. The molecule has 0 aromatic carbocycles. The number of carbonyl (C=O) groups excluding carboxylic acids is 1. The zero-order valence-corrected chi connectivity index (χ0v) is 8.40. The molecular formula is C10H14N2O2. The fraction of sp³-hybridized carbons (Fsp3) is 0.400. The fourth-order valence-corrected chi connectivity index (χ4v) is 1.10. The lowest BCUT2D eigenvalue weighted by Crippen LogP contribution is -2.30. The highest BCUT2D eigenvalue weighted by Crippen LogP contribution is 2.02. The summed E-state index contributed by atoms with van der Waals surface area (Å²) in [6.45, 7) is 2.20. The van der Waals surface area contributed by atoms with Gasteiger partial charge in [0.2, 0.25) is 0 Å². The Labute approximate surface area is 83.2 Å². The Morgan fingerprint density at radius 2 is 2.36 bits per heavy atom. The van der Waals surface area contributed by atoms with Crippen LogP contribution in [0.2, 0.25) is 0 Å². The van der Waals surface area contributed by atoms with Gasteiger partial charge in [-0.25, -0.2) is 0 Å². The standard InChI is InChI=1S/C10H14N2O2/c1-8-3-4-11-9(7-8)10(14)12(2)5-6-13/h3-4,7,13H,5-6H2,1-2H3. The van der Waals surface area contributed by atoms with Crippen molar-refractivity contribution in [1.29, 1.82) is 0 Å². The SMILES string of the molecule is Cc1ccnc(C(=O)N(C)CCO)c1. The molecule has 1 aromatic heterocycles. The summed E-state index contributed by atoms with van der Waals surface area (Å²) in [6, 6.07) is 3.57. The molecule has 1 N–H and O–H groups in total. The van der Waals surface area contributed by atoms with Gasteiger partial charge in [0.05, 0.1) is 6.61 Å². The minimum absolute atomic E-state index is 0.0337. The topological polar surface area (TPSA) is 53.4 Å². The summed E-state index contributed by atoms with van der Waals surface area (Å²) in [7, 11) is 1.64. The van der Waals surface area contributed by atoms with E-state index in [1.807, 2.05) is 13.0 Å². The van der Waals surface area contributed by atoms with Crippen LogP contribution in [0.25, 0.3) is 0 Å². The number of carbonyl (C=O) groups is 1. The second kappa shape index (κ2) is 4.72. The summed E-state index contributed by atoms with van der Waals surface area (Å²) < 4.78 is 0. The molecule has 0 aliphatic carbocycles. The second-order valence-electron chi connectivity index (χ2n) is 3.17. The smallest absolute Gasteiger partial charge is 0.272 e. The predicted octanol–water partition coefficient (Wildman–Crippen LogP) is 0.454. The summed E-state index contributed by atoms with van der Waals surface area (Å²) in [6.07, 6.45) is 1.61. The van der Waals surface area contributed by atoms with Crippen molar-refractivity contribution < 1.29 is 9.90 Å². The maximum Gasteiger partial charge on any atom is 0.272 e. The third-order valence-electron chi connectivity index (χ3n) is 1.92. The van der Waals surface area contributed by atoms with Gasteiger partial charge in [-0.05, 0) is 24.6 Å². The number of likely N-dealkylation sites (N-methyl/N-ethyl adjacent to an activating group) is 1. The number of rotatable bonds is 3. The molecule has 0 unspecified atom stereocenters. The van der Waals surface area contributed by atoms with Crippen LogP contribution in [0.3, 0.4) is 0 Å². The monoisotopic (exact) mass is 194 g/mol. The number of nitrogens with zero attached hydrogens (tertiary/aromatic N) is 2. The number of aliphatic hydroxyl groups excluding tert-OH is 1. The zero-order valence-electron chi connectivity index (χ0n) is 8.40. The van der Waals surface area contributed by atoms with Crippen LogP contribution >= 0.6 is 0 Å². The Kier molecular flexibility index (Phi) is 3.59. The van der Waals surface area contributed by atoms with Crippen molar-refractivity contribution in [3.05, 3.63) is 29.6 Å². The summed E-state index contributed by atoms with van der Waals surface area (Å²) in [5.74, 6) is -0.164. The van der Waals surface area contributed by atoms with E-state index in [1.165, 1.54) is 4.90 Å². The van der Waals surface area contributed by atoms with Gasteiger partial charge in [0.25, 0.3) is 5.91 Å². The molecule has 0 atom stereocenters. The molecule has 0 saturated carbocycles. The first-order chi connectivity index (χ1) is 6.65. The Balaban J connectivity index is 2.78. The Morgan fingerprint density at radius 3 is 2.93 bits per heavy atom. The molecule has 0 aliphatic heterocycles. The van der Waals surface area contributed by atoms with Crippen LogP contribution in [0, 0.1) is 6.92 Å². The molecule has 0 saturated heterocycles. The van der Waals surface area contributed by atoms with Crippen molar-refractivity contribution >= 4 is 5.91 Å². The number of aromatic nitrogens is 1. The number of hydrogen-bond donors (Lipinski definition) is 1. The van der Waals surface area contributed by atoms with E-state index < -0.39 is 0 Å². The third kappa shape index (κ3) is 2.53. The third-order valence-corrected chi connectivity index (χ3v) is 1.92. The second-order valence-corrected chi connectivity index (χ2v) is 3.17. The van der Waals surface area contributed by atoms with Gasteiger partial charge in [0.15, 0.2) is 0 Å². The molecule has 1 heterocycles. The highest BCUT2D eigenvalue weighted by atomic mass is 16.3. The number of hydrogen-bond acceptors (Lipinski definition) is 3. The van der Waals surface area contributed by atoms with E-state index in [2.05, 4.69) is 4.98 Å². The fourth-order valence-electron chi connectivity index (χ4n) is 1.10. The van der Waals surface area contributed by atoms with E-state index in [1.54, 1.807) is 19.3 Å². The number of amides is 1. The molecule has 0 aliphatic rings. The minimum Gasteiger partial charge on any atom is -0.395 e. The molecule has 76 valence electrons. The first-order valence-electron chi connectivity index (χ1n) is 4.44. The van der Waals surface area contributed by atoms with Gasteiger partial charge in [0.1, 0.15) is 5.69 Å². The van der Waals surface area contributed by atoms with Crippen LogP contribution in [0.1, 0.15) is 16.1 Å². The lowest BCUT2D eigenvalue weighted by Gasteiger charge is -2.14. The van der Waals surface area contributed by atoms with Gasteiger partial charge in [-0.15, -0.1) is 0 Å². The molecule has 14 heavy (non-hydrogen) atoms. The van der Waals surface area contributed by atoms with E-state index in [0.29, 0.717) is 12.2 Å². The van der Waals surface area contributed by atoms with Crippen molar-refractivity contribution in [2.24, 2.45) is 0 Å². The van der Waals surface area contributed by atoms with Gasteiger partial charge in [0, 0.05) is 19.8 Å². The first-order valence-corrected chi connectivity index (χ1v) is 4.44. The Hall–Kier alpha value is -1.42. The summed E-state index contributed by atoms with van der Waals surface area (Å²) in [5, 5.41) is 8.67. The molecule has 0 fully saturated rings. The maximum absolute atomic E-state index is 11.6. The van der Waals surface area contributed by atoms with E-state index in [4.69, 9.17) is 5.11 Å². The average molecular weight is 194 g/mol. The molecule has 0 radical (unpaired) electrons. The summed E-state index contributed by atoms with van der Waals surface area (Å²) in [5.41, 5.74) is 1.42. The first kappa shape index (κ1) is 10.7. The normalized spacial score (nSPS) is 9.93. The van der Waals surface area contributed by atoms with Crippen LogP contribution in [0.4, 0.5) is 0 Å². The molecule has 1 rings (SSSR count). The summed E-state index contributed by atoms with van der Waals surface area (Å²) >= 11 is 0. The molecule has 4 heteroatoms. The van der Waals surface area contributed by atoms with Crippen molar-refractivity contribution in [1.82, 2.24) is 9.88 Å². The molecule has 1 aromatic rings. The van der Waals surface area contributed by atoms with Crippen molar-refractivity contribution in [3.8, 4) is 0 Å². The highest BCUT2D eigenvalue weighted by molar-refractivity contribution is 5.92. The Bertz CT molecular complexity index is 326. The summed E-state index contributed by atoms with van der Waals surface area (Å²) in [4.78, 5) is 17.1. The van der Waals surface area contributed by atoms with Crippen LogP contribution in [0.5, 0.6) is 0 Å². The van der Waals surface area contributed by atoms with Gasteiger partial charge < -0.3 is 10.0 Å². The van der Waals surface area contributed by atoms with Gasteiger partial charge in [-0.3, -0.25) is 9.78 Å². The largest absolute Gasteiger partial charge is 0.395 e. The lowest BCUT2D eigenvalue weighted by molar-refractivity contribution is 0.0761. The van der Waals surface area contributed by atoms with E-state index in [0.717, 1.165) is 5.56 Å². The zero-order chi connectivity index (χ0) is 10.6. The number of pyridine rings is 1. The van der Waals surface area contributed by atoms with Crippen LogP contribution in [0.15, 0.2) is 18.3 Å². The molecular weight excluding hydrogens is 180 g/mol. The number of aliphatic hydroxyl groups is 1. The van der Waals surface area contributed by atoms with Crippen molar-refractivity contribution in [2.45, 2.75) is 6.92 Å². The van der Waals surface area contributed by atoms with Gasteiger partial charge in [-0.2, -0.15) is 0 Å². The lowest BCUT2D eigenvalue weighted by atomic mass is 10.2. The molecule has 0 bridgehead atoms. The number of aryl methyl sites for hydroxylation is 1. The van der Waals surface area contributed by atoms with Crippen LogP contribution in [-0.4, -0.2) is 41.1 Å². The maximum atomic E-state index is 11.6. The average Bonchev–Trinajstić information content (AvgIpc) is 2.17. The van der Waals surface area contributed by atoms with E-state index in [-0.39, 0.29) is 12.5 Å². The van der Waals surface area contributed by atoms with Crippen LogP contribution in [-0.2, 0) is 0 Å². The van der Waals surface area contributed by atoms with Crippen molar-refractivity contribution in [3.63, 3.8) is 0 Å².